The van der Waals surface area contributed by atoms with Crippen LogP contribution in [-0.4, -0.2) is 42.2 Å². The molecular weight excluding hydrogens is 873 g/mol. The topological polar surface area (TPSA) is 109 Å². The number of para-hydroxylation sites is 2. The second-order valence-corrected chi connectivity index (χ2v) is 18.7. The van der Waals surface area contributed by atoms with Crippen molar-refractivity contribution in [2.75, 3.05) is 30.0 Å². The minimum atomic E-state index is -1.27. The highest BCUT2D eigenvalue weighted by Gasteiger charge is 2.59. The van der Waals surface area contributed by atoms with Crippen molar-refractivity contribution < 1.29 is 34.0 Å². The third-order valence-corrected chi connectivity index (χ3v) is 15.3. The van der Waals surface area contributed by atoms with Gasteiger partial charge in [0.25, 0.3) is 0 Å². The van der Waals surface area contributed by atoms with Crippen molar-refractivity contribution >= 4 is 66.3 Å². The second-order valence-electron chi connectivity index (χ2n) is 18.7. The highest BCUT2D eigenvalue weighted by atomic mass is 16.5. The van der Waals surface area contributed by atoms with Crippen LogP contribution in [0.2, 0.25) is 0 Å². The van der Waals surface area contributed by atoms with Crippen molar-refractivity contribution in [3.05, 3.63) is 209 Å². The van der Waals surface area contributed by atoms with Crippen LogP contribution in [0.1, 0.15) is 46.2 Å². The number of nitrogens with zero attached hydrogens (tertiary/aromatic N) is 2. The number of hydrogen-bond donors (Lipinski definition) is 2. The predicted molar refractivity (Wildman–Crippen MR) is 272 cm³/mol. The molecule has 70 heavy (non-hydrogen) atoms. The minimum Gasteiger partial charge on any atom is -0.508 e. The molecule has 4 heterocycles. The Bertz CT molecular complexity index is 3860. The van der Waals surface area contributed by atoms with Crippen LogP contribution in [0.4, 0.5) is 11.4 Å². The van der Waals surface area contributed by atoms with Gasteiger partial charge in [0.05, 0.1) is 7.11 Å². The van der Waals surface area contributed by atoms with Crippen molar-refractivity contribution in [2.24, 2.45) is 0 Å². The number of phenolic OH excluding ortho intramolecular Hbond substituents is 2. The van der Waals surface area contributed by atoms with Gasteiger partial charge in [0, 0.05) is 79.4 Å². The number of fused-ring (bicyclic) bond motifs is 20. The second kappa shape index (κ2) is 14.6. The molecule has 10 aromatic carbocycles. The number of rotatable bonds is 6. The molecule has 9 heteroatoms. The molecule has 2 spiro atoms. The molecule has 0 fully saturated rings. The van der Waals surface area contributed by atoms with Crippen LogP contribution in [-0.2, 0) is 20.4 Å². The number of phenols is 2. The summed E-state index contributed by atoms with van der Waals surface area (Å²) in [6, 6.07) is 56.6. The van der Waals surface area contributed by atoms with Gasteiger partial charge in [-0.3, -0.25) is 9.59 Å². The van der Waals surface area contributed by atoms with Gasteiger partial charge >= 0.3 is 0 Å². The summed E-state index contributed by atoms with van der Waals surface area (Å²) in [7, 11) is 1.66. The van der Waals surface area contributed by atoms with E-state index < -0.39 is 10.8 Å². The zero-order valence-corrected chi connectivity index (χ0v) is 37.9. The van der Waals surface area contributed by atoms with E-state index >= 15 is 9.59 Å². The lowest BCUT2D eigenvalue weighted by Crippen LogP contribution is -2.45. The average molecular weight is 915 g/mol. The number of ether oxygens (including phenoxy) is 3. The zero-order valence-electron chi connectivity index (χ0n) is 37.9. The molecule has 0 radical (unpaired) electrons. The van der Waals surface area contributed by atoms with Crippen LogP contribution in [0.15, 0.2) is 176 Å². The van der Waals surface area contributed by atoms with Crippen molar-refractivity contribution in [2.45, 2.75) is 23.7 Å². The van der Waals surface area contributed by atoms with E-state index in [0.717, 1.165) is 93.6 Å². The Morgan fingerprint density at radius 1 is 0.429 bits per heavy atom. The van der Waals surface area contributed by atoms with Crippen LogP contribution in [0.3, 0.4) is 0 Å². The summed E-state index contributed by atoms with van der Waals surface area (Å²) in [5.74, 6) is 3.29. The summed E-state index contributed by atoms with van der Waals surface area (Å²) in [6.45, 7) is 0.829. The first kappa shape index (κ1) is 40.3. The van der Waals surface area contributed by atoms with Gasteiger partial charge in [0.2, 0.25) is 11.8 Å². The SMILES string of the molecule is COc1ccc2c3c(ccc2c1)C1(C(=O)N(CCCCN2C(=O)C4(c5ccccc52)c2ccc5cc(O)ccc5c2Oc2c4ccc4cc(O)ccc24)c2ccccc21)c1ccc2ccccc2c1O3. The van der Waals surface area contributed by atoms with Gasteiger partial charge in [-0.15, -0.1) is 0 Å². The van der Waals surface area contributed by atoms with Crippen LogP contribution < -0.4 is 24.0 Å². The summed E-state index contributed by atoms with van der Waals surface area (Å²) in [6.07, 6.45) is 1.21. The predicted octanol–water partition coefficient (Wildman–Crippen LogP) is 12.8. The lowest BCUT2D eigenvalue weighted by molar-refractivity contribution is -0.121. The Morgan fingerprint density at radius 2 is 0.829 bits per heavy atom. The molecule has 4 aliphatic heterocycles. The Hall–Kier alpha value is -8.82. The normalized spacial score (nSPS) is 16.8. The molecule has 0 bridgehead atoms. The molecule has 10 aromatic rings. The molecule has 2 amide bonds. The largest absolute Gasteiger partial charge is 0.508 e. The number of amides is 2. The fourth-order valence-electron chi connectivity index (χ4n) is 12.3. The Balaban J connectivity index is 0.846. The van der Waals surface area contributed by atoms with E-state index in [0.29, 0.717) is 48.9 Å². The minimum absolute atomic E-state index is 0.0410. The van der Waals surface area contributed by atoms with E-state index in [1.54, 1.807) is 31.4 Å². The molecule has 0 aliphatic carbocycles. The molecule has 4 aliphatic rings. The number of benzene rings is 10. The smallest absolute Gasteiger partial charge is 0.247 e. The number of anilines is 2. The fraction of sp³-hybridized carbons (Fsp3) is 0.115. The summed E-state index contributed by atoms with van der Waals surface area (Å²) < 4.78 is 19.5. The highest BCUT2D eigenvalue weighted by molar-refractivity contribution is 6.18. The first-order chi connectivity index (χ1) is 34.3. The van der Waals surface area contributed by atoms with Crippen LogP contribution in [0.25, 0.3) is 43.1 Å². The summed E-state index contributed by atoms with van der Waals surface area (Å²) in [5, 5.41) is 27.8. The van der Waals surface area contributed by atoms with Crippen molar-refractivity contribution in [3.63, 3.8) is 0 Å². The molecule has 0 aromatic heterocycles. The third kappa shape index (κ3) is 5.20. The Labute approximate surface area is 401 Å². The first-order valence-electron chi connectivity index (χ1n) is 23.7. The van der Waals surface area contributed by atoms with Gasteiger partial charge in [-0.25, -0.2) is 0 Å². The maximum atomic E-state index is 15.9. The molecule has 0 saturated heterocycles. The molecule has 9 nitrogen and oxygen atoms in total. The number of carbonyl (C=O) groups excluding carboxylic acids is 2. The van der Waals surface area contributed by atoms with E-state index in [1.807, 2.05) is 125 Å². The number of methoxy groups -OCH3 is 1. The molecule has 14 rings (SSSR count). The van der Waals surface area contributed by atoms with Crippen molar-refractivity contribution in [1.82, 2.24) is 0 Å². The van der Waals surface area contributed by atoms with E-state index in [2.05, 4.69) is 36.4 Å². The van der Waals surface area contributed by atoms with Crippen LogP contribution >= 0.6 is 0 Å². The maximum Gasteiger partial charge on any atom is 0.247 e. The highest BCUT2D eigenvalue weighted by Crippen LogP contribution is 2.62. The Kier molecular flexibility index (Phi) is 8.39. The molecule has 2 N–H and O–H groups in total. The first-order valence-corrected chi connectivity index (χ1v) is 23.7. The molecular formula is C61H42N2O7. The lowest BCUT2D eigenvalue weighted by atomic mass is 9.67. The quantitative estimate of drug-likeness (QED) is 0.160. The lowest BCUT2D eigenvalue weighted by Gasteiger charge is -2.38. The van der Waals surface area contributed by atoms with E-state index in [9.17, 15) is 10.2 Å². The number of hydrogen-bond acceptors (Lipinski definition) is 7. The van der Waals surface area contributed by atoms with Crippen molar-refractivity contribution in [1.29, 1.82) is 0 Å². The standard InChI is InChI=1S/C61H42N2O7/c1-68-41-22-25-45-38(34-41)19-29-51-57(45)69-54-42-11-3-2-10-35(42)16-26-48(54)60(51)46-12-4-6-14-52(46)62(58(60)66)30-8-9-31-63-53-15-7-5-13-47(53)61(59(63)67)49-27-17-36-32-39(64)20-23-43(36)55(49)70-56-44-24-21-40(65)33-37(44)18-28-50(56)61/h2-7,10-29,32-34,64-65H,8-9,30-31H2,1H3. The van der Waals surface area contributed by atoms with Gasteiger partial charge in [0.15, 0.2) is 0 Å². The van der Waals surface area contributed by atoms with Gasteiger partial charge < -0.3 is 34.2 Å². The van der Waals surface area contributed by atoms with Crippen LogP contribution in [0.5, 0.6) is 40.2 Å². The molecule has 338 valence electrons. The number of unbranched alkanes of at least 4 members (excludes halogenated alkanes) is 1. The molecule has 1 atom stereocenters. The molecule has 0 saturated carbocycles. The summed E-state index contributed by atoms with van der Waals surface area (Å²) >= 11 is 0. The third-order valence-electron chi connectivity index (χ3n) is 15.3. The zero-order chi connectivity index (χ0) is 47.0. The molecule has 1 unspecified atom stereocenters. The van der Waals surface area contributed by atoms with E-state index in [1.165, 1.54) is 0 Å². The van der Waals surface area contributed by atoms with Crippen molar-refractivity contribution in [3.8, 4) is 40.2 Å². The van der Waals surface area contributed by atoms with Gasteiger partial charge in [-0.05, 0) is 101 Å². The van der Waals surface area contributed by atoms with Crippen LogP contribution in [0, 0.1) is 0 Å². The van der Waals surface area contributed by atoms with Gasteiger partial charge in [-0.1, -0.05) is 109 Å². The fourth-order valence-corrected chi connectivity index (χ4v) is 12.3. The maximum absolute atomic E-state index is 15.9. The number of carbonyl (C=O) groups is 2. The Morgan fingerprint density at radius 3 is 1.31 bits per heavy atom. The average Bonchev–Trinajstić information content (AvgIpc) is 3.78. The van der Waals surface area contributed by atoms with Gasteiger partial charge in [0.1, 0.15) is 51.1 Å². The summed E-state index contributed by atoms with van der Waals surface area (Å²) in [4.78, 5) is 35.6. The van der Waals surface area contributed by atoms with Gasteiger partial charge in [-0.2, -0.15) is 0 Å². The summed E-state index contributed by atoms with van der Waals surface area (Å²) in [5.41, 5.74) is 4.01. The van der Waals surface area contributed by atoms with E-state index in [4.69, 9.17) is 14.2 Å². The van der Waals surface area contributed by atoms with E-state index in [-0.39, 0.29) is 23.3 Å². The number of aromatic hydroxyl groups is 2. The monoisotopic (exact) mass is 914 g/mol.